The number of rotatable bonds is 8. The molecule has 6 nitrogen and oxygen atoms in total. The molecule has 0 bridgehead atoms. The smallest absolute Gasteiger partial charge is 0.397 e. The van der Waals surface area contributed by atoms with E-state index in [4.69, 9.17) is 14.8 Å². The zero-order chi connectivity index (χ0) is 22.8. The maximum atomic E-state index is 15.2. The first-order chi connectivity index (χ1) is 14.6. The first-order valence-corrected chi connectivity index (χ1v) is 12.4. The van der Waals surface area contributed by atoms with E-state index in [1.807, 2.05) is 0 Å². The second kappa shape index (κ2) is 9.34. The van der Waals surface area contributed by atoms with Gasteiger partial charge in [0.15, 0.2) is 0 Å². The highest BCUT2D eigenvalue weighted by atomic mass is 79.9. The van der Waals surface area contributed by atoms with Gasteiger partial charge in [-0.25, -0.2) is 0 Å². The normalized spacial score (nSPS) is 12.3. The highest BCUT2D eigenvalue weighted by Crippen LogP contribution is 2.69. The van der Waals surface area contributed by atoms with Gasteiger partial charge >= 0.3 is 13.3 Å². The van der Waals surface area contributed by atoms with E-state index in [2.05, 4.69) is 21.2 Å². The molecule has 0 atom stereocenters. The largest absolute Gasteiger partial charge is 0.405 e. The van der Waals surface area contributed by atoms with Gasteiger partial charge in [-0.15, -0.1) is 11.3 Å². The van der Waals surface area contributed by atoms with Crippen LogP contribution in [0.25, 0.3) is 10.1 Å². The number of nitrogens with two attached hydrogens (primary N) is 1. The van der Waals surface area contributed by atoms with Crippen LogP contribution in [0.3, 0.4) is 0 Å². The topological polar surface area (TPSA) is 90.6 Å². The van der Waals surface area contributed by atoms with Gasteiger partial charge in [-0.3, -0.25) is 9.36 Å². The van der Waals surface area contributed by atoms with Crippen LogP contribution in [0.2, 0.25) is 0 Å². The van der Waals surface area contributed by atoms with E-state index in [-0.39, 0.29) is 23.2 Å². The summed E-state index contributed by atoms with van der Waals surface area (Å²) in [6, 6.07) is 11.3. The number of halogens is 3. The molecule has 0 aliphatic carbocycles. The molecule has 2 aromatic carbocycles. The molecule has 0 saturated heterocycles. The molecular weight excluding hydrogens is 513 g/mol. The van der Waals surface area contributed by atoms with Crippen molar-refractivity contribution < 1.29 is 27.2 Å². The molecule has 3 rings (SSSR count). The Labute approximate surface area is 190 Å². The standard InChI is InChI=1S/C20H20BrF2N2O4PS/c1-3-28-30(27,29-4-2)20(22,23)18-17(21)13-11-12(9-10-16(13)31-18)19(26)25-15-8-6-5-7-14(15)24/h5-11H,3-4,24H2,1-2H3,(H,25,26). The summed E-state index contributed by atoms with van der Waals surface area (Å²) in [5, 5.41) is 3.08. The molecule has 0 aliphatic heterocycles. The third kappa shape index (κ3) is 4.54. The van der Waals surface area contributed by atoms with Gasteiger partial charge in [0.2, 0.25) is 0 Å². The van der Waals surface area contributed by atoms with Gasteiger partial charge in [-0.1, -0.05) is 12.1 Å². The summed E-state index contributed by atoms with van der Waals surface area (Å²) >= 11 is 3.95. The fourth-order valence-corrected chi connectivity index (χ4v) is 6.84. The highest BCUT2D eigenvalue weighted by Gasteiger charge is 2.57. The minimum Gasteiger partial charge on any atom is -0.397 e. The third-order valence-electron chi connectivity index (χ3n) is 4.31. The van der Waals surface area contributed by atoms with Crippen LogP contribution in [0.4, 0.5) is 20.2 Å². The molecule has 3 N–H and O–H groups in total. The number of hydrogen-bond donors (Lipinski definition) is 2. The predicted octanol–water partition coefficient (Wildman–Crippen LogP) is 6.81. The Hall–Kier alpha value is -1.84. The number of nitrogens with one attached hydrogen (secondary N) is 1. The van der Waals surface area contributed by atoms with E-state index in [0.29, 0.717) is 21.5 Å². The fourth-order valence-electron chi connectivity index (χ4n) is 2.87. The first-order valence-electron chi connectivity index (χ1n) is 9.30. The number of benzene rings is 2. The molecular formula is C20H20BrF2N2O4PS. The van der Waals surface area contributed by atoms with Crippen molar-refractivity contribution in [1.82, 2.24) is 0 Å². The van der Waals surface area contributed by atoms with Crippen LogP contribution in [-0.4, -0.2) is 19.1 Å². The maximum Gasteiger partial charge on any atom is 0.405 e. The number of alkyl halides is 2. The number of hydrogen-bond acceptors (Lipinski definition) is 6. The summed E-state index contributed by atoms with van der Waals surface area (Å²) in [5.41, 5.74) is 3.07. The molecule has 0 spiro atoms. The SMILES string of the molecule is CCOP(=O)(OCC)C(F)(F)c1sc2ccc(C(=O)Nc3ccccc3N)cc2c1Br. The number of fused-ring (bicyclic) bond motifs is 1. The average molecular weight is 533 g/mol. The van der Waals surface area contributed by atoms with Gasteiger partial charge in [0.25, 0.3) is 5.91 Å². The Balaban J connectivity index is 2.00. The van der Waals surface area contributed by atoms with Crippen LogP contribution in [0.15, 0.2) is 46.9 Å². The van der Waals surface area contributed by atoms with Crippen LogP contribution < -0.4 is 11.1 Å². The molecule has 1 heterocycles. The number of para-hydroxylation sites is 2. The van der Waals surface area contributed by atoms with Crippen molar-refractivity contribution in [2.24, 2.45) is 0 Å². The lowest BCUT2D eigenvalue weighted by atomic mass is 10.1. The predicted molar refractivity (Wildman–Crippen MR) is 123 cm³/mol. The quantitative estimate of drug-likeness (QED) is 0.245. The average Bonchev–Trinajstić information content (AvgIpc) is 3.06. The van der Waals surface area contributed by atoms with E-state index in [1.54, 1.807) is 30.3 Å². The molecule has 11 heteroatoms. The lowest BCUT2D eigenvalue weighted by molar-refractivity contribution is 0.0387. The van der Waals surface area contributed by atoms with Gasteiger partial charge in [0, 0.05) is 20.1 Å². The van der Waals surface area contributed by atoms with Crippen LogP contribution in [0.5, 0.6) is 0 Å². The summed E-state index contributed by atoms with van der Waals surface area (Å²) in [6.45, 7) is 2.54. The van der Waals surface area contributed by atoms with Crippen molar-refractivity contribution in [3.63, 3.8) is 0 Å². The Bertz CT molecular complexity index is 1160. The van der Waals surface area contributed by atoms with Crippen molar-refractivity contribution in [2.75, 3.05) is 24.3 Å². The first kappa shape index (κ1) is 23.8. The summed E-state index contributed by atoms with van der Waals surface area (Å²) in [4.78, 5) is 12.2. The third-order valence-corrected chi connectivity index (χ3v) is 8.90. The van der Waals surface area contributed by atoms with Crippen molar-refractivity contribution in [2.45, 2.75) is 19.5 Å². The number of carbonyl (C=O) groups is 1. The van der Waals surface area contributed by atoms with E-state index in [1.165, 1.54) is 26.0 Å². The highest BCUT2D eigenvalue weighted by molar-refractivity contribution is 9.10. The molecule has 1 aromatic heterocycles. The molecule has 1 amide bonds. The van der Waals surface area contributed by atoms with E-state index in [0.717, 1.165) is 11.3 Å². The van der Waals surface area contributed by atoms with Gasteiger partial charge < -0.3 is 20.1 Å². The van der Waals surface area contributed by atoms with Gasteiger partial charge in [0.1, 0.15) is 4.88 Å². The second-order valence-electron chi connectivity index (χ2n) is 6.37. The number of thiophene rings is 1. The van der Waals surface area contributed by atoms with Crippen molar-refractivity contribution in [1.29, 1.82) is 0 Å². The zero-order valence-electron chi connectivity index (χ0n) is 16.7. The summed E-state index contributed by atoms with van der Waals surface area (Å²) in [5.74, 6) is -0.444. The lowest BCUT2D eigenvalue weighted by Gasteiger charge is -2.25. The van der Waals surface area contributed by atoms with Crippen molar-refractivity contribution >= 4 is 62.2 Å². The molecule has 0 unspecified atom stereocenters. The number of nitrogen functional groups attached to an aromatic ring is 1. The Kier molecular flexibility index (Phi) is 7.18. The van der Waals surface area contributed by atoms with Gasteiger partial charge in [0.05, 0.1) is 24.6 Å². The maximum absolute atomic E-state index is 15.2. The monoisotopic (exact) mass is 532 g/mol. The Morgan fingerprint density at radius 3 is 2.45 bits per heavy atom. The Morgan fingerprint density at radius 2 is 1.84 bits per heavy atom. The number of anilines is 2. The molecule has 166 valence electrons. The van der Waals surface area contributed by atoms with Crippen molar-refractivity contribution in [3.05, 3.63) is 57.4 Å². The fraction of sp³-hybridized carbons (Fsp3) is 0.250. The summed E-state index contributed by atoms with van der Waals surface area (Å²) < 4.78 is 53.5. The van der Waals surface area contributed by atoms with E-state index in [9.17, 15) is 9.36 Å². The molecule has 0 fully saturated rings. The van der Waals surface area contributed by atoms with Crippen LogP contribution in [0, 0.1) is 0 Å². The van der Waals surface area contributed by atoms with Gasteiger partial charge in [-0.05, 0) is 60.1 Å². The zero-order valence-corrected chi connectivity index (χ0v) is 20.0. The summed E-state index contributed by atoms with van der Waals surface area (Å²) in [6.07, 6.45) is 0. The van der Waals surface area contributed by atoms with Crippen molar-refractivity contribution in [3.8, 4) is 0 Å². The lowest BCUT2D eigenvalue weighted by Crippen LogP contribution is -2.17. The number of amides is 1. The molecule has 0 radical (unpaired) electrons. The molecule has 31 heavy (non-hydrogen) atoms. The van der Waals surface area contributed by atoms with Gasteiger partial charge in [-0.2, -0.15) is 8.78 Å². The molecule has 0 saturated carbocycles. The summed E-state index contributed by atoms with van der Waals surface area (Å²) in [7, 11) is -4.75. The Morgan fingerprint density at radius 1 is 1.19 bits per heavy atom. The minimum atomic E-state index is -4.75. The number of carbonyl (C=O) groups excluding carboxylic acids is 1. The second-order valence-corrected chi connectivity index (χ2v) is 10.3. The molecule has 0 aliphatic rings. The van der Waals surface area contributed by atoms with E-state index < -0.39 is 24.0 Å². The minimum absolute atomic E-state index is 0.0333. The van der Waals surface area contributed by atoms with Crippen LogP contribution in [0.1, 0.15) is 29.1 Å². The van der Waals surface area contributed by atoms with Crippen LogP contribution >= 0.6 is 34.9 Å². The van der Waals surface area contributed by atoms with Crippen LogP contribution in [-0.2, 0) is 19.3 Å². The van der Waals surface area contributed by atoms with E-state index >= 15 is 8.78 Å². The molecule has 3 aromatic rings.